The van der Waals surface area contributed by atoms with Crippen LogP contribution in [0.3, 0.4) is 0 Å². The monoisotopic (exact) mass is 342 g/mol. The van der Waals surface area contributed by atoms with Crippen LogP contribution in [0.1, 0.15) is 18.5 Å². The van der Waals surface area contributed by atoms with Crippen molar-refractivity contribution in [2.75, 3.05) is 10.6 Å². The summed E-state index contributed by atoms with van der Waals surface area (Å²) >= 11 is 1.33. The summed E-state index contributed by atoms with van der Waals surface area (Å²) in [5.74, 6) is 0.262. The van der Waals surface area contributed by atoms with Gasteiger partial charge < -0.3 is 10.6 Å². The van der Waals surface area contributed by atoms with Crippen LogP contribution in [0.4, 0.5) is 22.5 Å². The Hall–Kier alpha value is -3.07. The van der Waals surface area contributed by atoms with Gasteiger partial charge >= 0.3 is 5.69 Å². The normalized spacial score (nSPS) is 11.7. The molecule has 2 aromatic heterocycles. The van der Waals surface area contributed by atoms with Crippen LogP contribution in [0.5, 0.6) is 0 Å². The fourth-order valence-electron chi connectivity index (χ4n) is 2.17. The summed E-state index contributed by atoms with van der Waals surface area (Å²) in [6.07, 6.45) is 2.89. The smallest absolute Gasteiger partial charge is 0.353 e. The quantitative estimate of drug-likeness (QED) is 0.519. The standard InChI is InChI=1S/C15H14N6O2S/c1-10(11-5-3-2-4-6-11)19-13-12(21(22)23)14(18-9-17-13)20-15-16-7-8-24-15/h2-10H,1H3,(H2,16,17,18,19,20). The average Bonchev–Trinajstić information content (AvgIpc) is 3.08. The highest BCUT2D eigenvalue weighted by atomic mass is 32.1. The third-order valence-corrected chi connectivity index (χ3v) is 4.00. The van der Waals surface area contributed by atoms with Crippen molar-refractivity contribution in [2.24, 2.45) is 0 Å². The van der Waals surface area contributed by atoms with Crippen molar-refractivity contribution in [3.05, 3.63) is 63.9 Å². The Bertz CT molecular complexity index is 825. The van der Waals surface area contributed by atoms with E-state index in [1.807, 2.05) is 37.3 Å². The van der Waals surface area contributed by atoms with Crippen molar-refractivity contribution in [3.8, 4) is 0 Å². The van der Waals surface area contributed by atoms with E-state index in [9.17, 15) is 10.1 Å². The number of nitrogens with zero attached hydrogens (tertiary/aromatic N) is 4. The Morgan fingerprint density at radius 1 is 1.17 bits per heavy atom. The summed E-state index contributed by atoms with van der Waals surface area (Å²) in [6.45, 7) is 1.91. The summed E-state index contributed by atoms with van der Waals surface area (Å²) in [7, 11) is 0. The van der Waals surface area contributed by atoms with Crippen LogP contribution in [0.2, 0.25) is 0 Å². The minimum absolute atomic E-state index is 0.104. The van der Waals surface area contributed by atoms with Crippen LogP contribution in [-0.2, 0) is 0 Å². The molecule has 0 radical (unpaired) electrons. The average molecular weight is 342 g/mol. The predicted octanol–water partition coefficient (Wildman–Crippen LogP) is 3.76. The molecule has 0 aliphatic carbocycles. The molecule has 0 saturated carbocycles. The molecule has 122 valence electrons. The number of hydrogen-bond acceptors (Lipinski definition) is 8. The van der Waals surface area contributed by atoms with Gasteiger partial charge in [-0.3, -0.25) is 10.1 Å². The number of rotatable bonds is 6. The van der Waals surface area contributed by atoms with Gasteiger partial charge in [0, 0.05) is 11.6 Å². The molecule has 2 heterocycles. The first-order valence-corrected chi connectivity index (χ1v) is 8.00. The zero-order chi connectivity index (χ0) is 16.9. The van der Waals surface area contributed by atoms with Gasteiger partial charge in [-0.1, -0.05) is 30.3 Å². The number of aromatic nitrogens is 3. The number of nitro groups is 1. The summed E-state index contributed by atoms with van der Waals surface area (Å²) in [5, 5.41) is 19.8. The molecule has 0 saturated heterocycles. The number of nitrogens with one attached hydrogen (secondary N) is 2. The highest BCUT2D eigenvalue weighted by Gasteiger charge is 2.24. The van der Waals surface area contributed by atoms with Gasteiger partial charge in [0.1, 0.15) is 6.33 Å². The second-order valence-electron chi connectivity index (χ2n) is 4.92. The molecule has 0 aliphatic heterocycles. The van der Waals surface area contributed by atoms with Gasteiger partial charge in [-0.2, -0.15) is 0 Å². The molecule has 2 N–H and O–H groups in total. The lowest BCUT2D eigenvalue weighted by Crippen LogP contribution is -2.11. The Morgan fingerprint density at radius 2 is 1.92 bits per heavy atom. The minimum atomic E-state index is -0.504. The van der Waals surface area contributed by atoms with Crippen LogP contribution < -0.4 is 10.6 Å². The maximum Gasteiger partial charge on any atom is 0.353 e. The Labute approximate surface area is 141 Å². The van der Waals surface area contributed by atoms with Gasteiger partial charge in [0.25, 0.3) is 0 Å². The molecule has 1 unspecified atom stereocenters. The minimum Gasteiger partial charge on any atom is -0.358 e. The molecule has 8 nitrogen and oxygen atoms in total. The molecular weight excluding hydrogens is 328 g/mol. The molecule has 0 aliphatic rings. The molecule has 0 fully saturated rings. The van der Waals surface area contributed by atoms with Crippen molar-refractivity contribution in [3.63, 3.8) is 0 Å². The number of anilines is 3. The molecule has 0 amide bonds. The maximum atomic E-state index is 11.5. The summed E-state index contributed by atoms with van der Waals surface area (Å²) in [4.78, 5) is 23.1. The number of benzene rings is 1. The van der Waals surface area contributed by atoms with Crippen LogP contribution in [0, 0.1) is 10.1 Å². The van der Waals surface area contributed by atoms with Gasteiger partial charge in [-0.25, -0.2) is 15.0 Å². The highest BCUT2D eigenvalue weighted by molar-refractivity contribution is 7.13. The number of hydrogen-bond donors (Lipinski definition) is 2. The van der Waals surface area contributed by atoms with Crippen LogP contribution >= 0.6 is 11.3 Å². The first-order chi connectivity index (χ1) is 11.6. The Balaban J connectivity index is 1.91. The van der Waals surface area contributed by atoms with Gasteiger partial charge in [0.05, 0.1) is 11.0 Å². The first-order valence-electron chi connectivity index (χ1n) is 7.12. The molecule has 1 aromatic carbocycles. The van der Waals surface area contributed by atoms with Crippen molar-refractivity contribution in [2.45, 2.75) is 13.0 Å². The topological polar surface area (TPSA) is 106 Å². The zero-order valence-electron chi connectivity index (χ0n) is 12.7. The molecule has 24 heavy (non-hydrogen) atoms. The van der Waals surface area contributed by atoms with E-state index in [0.29, 0.717) is 5.13 Å². The van der Waals surface area contributed by atoms with Crippen molar-refractivity contribution < 1.29 is 4.92 Å². The largest absolute Gasteiger partial charge is 0.358 e. The lowest BCUT2D eigenvalue weighted by molar-refractivity contribution is -0.383. The molecule has 0 spiro atoms. The molecule has 3 aromatic rings. The van der Waals surface area contributed by atoms with E-state index in [1.54, 1.807) is 11.6 Å². The SMILES string of the molecule is CC(Nc1ncnc(Nc2nccs2)c1[N+](=O)[O-])c1ccccc1. The number of thiazole rings is 1. The lowest BCUT2D eigenvalue weighted by Gasteiger charge is -2.15. The summed E-state index contributed by atoms with van der Waals surface area (Å²) in [5.41, 5.74) is 0.787. The van der Waals surface area contributed by atoms with E-state index in [1.165, 1.54) is 17.7 Å². The van der Waals surface area contributed by atoms with Gasteiger partial charge in [-0.05, 0) is 12.5 Å². The second kappa shape index (κ2) is 7.01. The zero-order valence-corrected chi connectivity index (χ0v) is 13.5. The first kappa shape index (κ1) is 15.8. The van der Waals surface area contributed by atoms with Gasteiger partial charge in [-0.15, -0.1) is 11.3 Å². The Morgan fingerprint density at radius 3 is 2.58 bits per heavy atom. The lowest BCUT2D eigenvalue weighted by atomic mass is 10.1. The van der Waals surface area contributed by atoms with E-state index < -0.39 is 4.92 Å². The predicted molar refractivity (Wildman–Crippen MR) is 92.6 cm³/mol. The molecular formula is C15H14N6O2S. The van der Waals surface area contributed by atoms with E-state index in [2.05, 4.69) is 25.6 Å². The molecule has 0 bridgehead atoms. The van der Waals surface area contributed by atoms with E-state index >= 15 is 0 Å². The summed E-state index contributed by atoms with van der Waals surface area (Å²) < 4.78 is 0. The van der Waals surface area contributed by atoms with Crippen LogP contribution in [0.25, 0.3) is 0 Å². The van der Waals surface area contributed by atoms with Crippen molar-refractivity contribution in [1.82, 2.24) is 15.0 Å². The fraction of sp³-hybridized carbons (Fsp3) is 0.133. The van der Waals surface area contributed by atoms with Gasteiger partial charge in [0.2, 0.25) is 11.6 Å². The third-order valence-electron chi connectivity index (χ3n) is 3.32. The van der Waals surface area contributed by atoms with Crippen LogP contribution in [0.15, 0.2) is 48.2 Å². The molecule has 1 atom stereocenters. The second-order valence-corrected chi connectivity index (χ2v) is 5.81. The summed E-state index contributed by atoms with van der Waals surface area (Å²) in [6, 6.07) is 9.49. The molecule has 3 rings (SSSR count). The fourth-order valence-corrected chi connectivity index (χ4v) is 2.69. The van der Waals surface area contributed by atoms with Crippen molar-refractivity contribution >= 4 is 33.8 Å². The third kappa shape index (κ3) is 3.46. The van der Waals surface area contributed by atoms with Gasteiger partial charge in [0.15, 0.2) is 5.13 Å². The highest BCUT2D eigenvalue weighted by Crippen LogP contribution is 2.33. The maximum absolute atomic E-state index is 11.5. The van der Waals surface area contributed by atoms with Crippen molar-refractivity contribution in [1.29, 1.82) is 0 Å². The Kier molecular flexibility index (Phi) is 4.62. The van der Waals surface area contributed by atoms with E-state index in [4.69, 9.17) is 0 Å². The van der Waals surface area contributed by atoms with E-state index in [-0.39, 0.29) is 23.4 Å². The van der Waals surface area contributed by atoms with E-state index in [0.717, 1.165) is 5.56 Å². The van der Waals surface area contributed by atoms with Crippen LogP contribution in [-0.4, -0.2) is 19.9 Å². The molecule has 9 heteroatoms.